The molecule has 2 fully saturated rings. The minimum absolute atomic E-state index is 0.0186. The molecule has 2 aromatic rings. The summed E-state index contributed by atoms with van der Waals surface area (Å²) in [5, 5.41) is 0. The Kier molecular flexibility index (Phi) is 7.62. The Balaban J connectivity index is 1.25. The van der Waals surface area contributed by atoms with Gasteiger partial charge in [0.2, 0.25) is 0 Å². The molecule has 1 aliphatic heterocycles. The van der Waals surface area contributed by atoms with Crippen molar-refractivity contribution in [1.82, 2.24) is 9.80 Å². The molecular weight excluding hydrogens is 436 g/mol. The largest absolute Gasteiger partial charge is 0.485 e. The van der Waals surface area contributed by atoms with E-state index in [1.165, 1.54) is 38.6 Å². The smallest absolute Gasteiger partial charge is 0.260 e. The number of ether oxygens (including phenoxy) is 2. The van der Waals surface area contributed by atoms with Crippen LogP contribution in [0.4, 0.5) is 0 Å². The van der Waals surface area contributed by atoms with Crippen molar-refractivity contribution in [3.05, 3.63) is 60.2 Å². The number of hydrogen-bond donors (Lipinski definition) is 0. The van der Waals surface area contributed by atoms with Crippen molar-refractivity contribution >= 4 is 5.91 Å². The molecular formula is C30H40N2O3. The van der Waals surface area contributed by atoms with Gasteiger partial charge in [0.1, 0.15) is 17.1 Å². The molecule has 35 heavy (non-hydrogen) atoms. The molecule has 2 aliphatic carbocycles. The van der Waals surface area contributed by atoms with Crippen LogP contribution in [0.1, 0.15) is 63.4 Å². The molecule has 5 nitrogen and oxygen atoms in total. The number of nitrogens with zero attached hydrogens (tertiary/aromatic N) is 2. The third-order valence-electron chi connectivity index (χ3n) is 8.36. The van der Waals surface area contributed by atoms with Crippen molar-refractivity contribution in [2.24, 2.45) is 5.92 Å². The van der Waals surface area contributed by atoms with Crippen LogP contribution >= 0.6 is 0 Å². The van der Waals surface area contributed by atoms with Crippen LogP contribution in [0.25, 0.3) is 0 Å². The Hall–Kier alpha value is -2.53. The molecule has 0 aromatic heterocycles. The van der Waals surface area contributed by atoms with E-state index >= 15 is 0 Å². The van der Waals surface area contributed by atoms with Crippen LogP contribution in [0.3, 0.4) is 0 Å². The average Bonchev–Trinajstić information content (AvgIpc) is 3.05. The van der Waals surface area contributed by atoms with E-state index in [4.69, 9.17) is 9.47 Å². The first-order valence-corrected chi connectivity index (χ1v) is 13.5. The van der Waals surface area contributed by atoms with Gasteiger partial charge in [0.25, 0.3) is 5.91 Å². The molecule has 0 bridgehead atoms. The van der Waals surface area contributed by atoms with Gasteiger partial charge in [-0.1, -0.05) is 55.7 Å². The second kappa shape index (κ2) is 11.0. The zero-order chi connectivity index (χ0) is 24.1. The van der Waals surface area contributed by atoms with Gasteiger partial charge in [-0.25, -0.2) is 0 Å². The molecule has 0 saturated heterocycles. The Morgan fingerprint density at radius 1 is 1.00 bits per heavy atom. The fourth-order valence-corrected chi connectivity index (χ4v) is 6.29. The predicted octanol–water partition coefficient (Wildman–Crippen LogP) is 5.68. The van der Waals surface area contributed by atoms with E-state index in [9.17, 15) is 4.79 Å². The highest BCUT2D eigenvalue weighted by Crippen LogP contribution is 2.39. The second-order valence-electron chi connectivity index (χ2n) is 10.9. The number of hydrogen-bond acceptors (Lipinski definition) is 4. The van der Waals surface area contributed by atoms with Crippen molar-refractivity contribution in [2.45, 2.75) is 76.0 Å². The maximum Gasteiger partial charge on any atom is 0.260 e. The molecule has 2 saturated carbocycles. The van der Waals surface area contributed by atoms with Crippen LogP contribution in [0.5, 0.6) is 11.5 Å². The first-order valence-electron chi connectivity index (χ1n) is 13.5. The number of carbonyl (C=O) groups is 1. The molecule has 2 aromatic carbocycles. The van der Waals surface area contributed by atoms with E-state index in [1.807, 2.05) is 47.4 Å². The normalized spacial score (nSPS) is 25.1. The summed E-state index contributed by atoms with van der Waals surface area (Å²) < 4.78 is 12.6. The highest BCUT2D eigenvalue weighted by Gasteiger charge is 2.43. The highest BCUT2D eigenvalue weighted by atomic mass is 16.5. The van der Waals surface area contributed by atoms with Gasteiger partial charge in [0.05, 0.1) is 6.54 Å². The van der Waals surface area contributed by atoms with E-state index < -0.39 is 0 Å². The van der Waals surface area contributed by atoms with Crippen molar-refractivity contribution in [1.29, 1.82) is 0 Å². The third-order valence-corrected chi connectivity index (χ3v) is 8.36. The lowest BCUT2D eigenvalue weighted by Gasteiger charge is -2.44. The molecule has 1 spiro atoms. The number of benzene rings is 2. The minimum Gasteiger partial charge on any atom is -0.485 e. The quantitative estimate of drug-likeness (QED) is 0.538. The molecule has 0 unspecified atom stereocenters. The molecule has 0 N–H and O–H groups in total. The lowest BCUT2D eigenvalue weighted by atomic mass is 9.80. The summed E-state index contributed by atoms with van der Waals surface area (Å²) in [6.07, 6.45) is 11.2. The standard InChI is InChI=1S/C30H40N2O3/c1-31(20-24-10-4-2-5-11-24)26-16-18-30(19-17-26)23-32(21-25-12-8-9-15-28(25)35-30)29(33)22-34-27-13-6-3-7-14-27/h3,6-9,12-15,24,26H,2,4-5,10-11,16-23H2,1H3. The predicted molar refractivity (Wildman–Crippen MR) is 139 cm³/mol. The second-order valence-corrected chi connectivity index (χ2v) is 10.9. The summed E-state index contributed by atoms with van der Waals surface area (Å²) >= 11 is 0. The van der Waals surface area contributed by atoms with Crippen molar-refractivity contribution in [2.75, 3.05) is 26.7 Å². The highest BCUT2D eigenvalue weighted by molar-refractivity contribution is 5.78. The van der Waals surface area contributed by atoms with E-state index in [2.05, 4.69) is 24.1 Å². The van der Waals surface area contributed by atoms with Crippen LogP contribution in [0, 0.1) is 5.92 Å². The monoisotopic (exact) mass is 476 g/mol. The number of amides is 1. The summed E-state index contributed by atoms with van der Waals surface area (Å²) in [7, 11) is 2.32. The maximum absolute atomic E-state index is 13.3. The van der Waals surface area contributed by atoms with Gasteiger partial charge in [-0.15, -0.1) is 0 Å². The SMILES string of the molecule is CN(CC1CCCCC1)C1CCC2(CC1)CN(C(=O)COc1ccccc1)Cc1ccccc1O2. The third kappa shape index (κ3) is 6.00. The van der Waals surface area contributed by atoms with Crippen LogP contribution in [-0.2, 0) is 11.3 Å². The summed E-state index contributed by atoms with van der Waals surface area (Å²) in [4.78, 5) is 17.9. The lowest BCUT2D eigenvalue weighted by molar-refractivity contribution is -0.137. The molecule has 5 rings (SSSR count). The number of rotatable bonds is 6. The fourth-order valence-electron chi connectivity index (χ4n) is 6.29. The van der Waals surface area contributed by atoms with Crippen LogP contribution in [0.2, 0.25) is 0 Å². The number of para-hydroxylation sites is 2. The molecule has 5 heteroatoms. The van der Waals surface area contributed by atoms with Crippen molar-refractivity contribution in [3.63, 3.8) is 0 Å². The molecule has 1 amide bonds. The van der Waals surface area contributed by atoms with Gasteiger partial charge in [-0.3, -0.25) is 4.79 Å². The van der Waals surface area contributed by atoms with Gasteiger partial charge in [-0.05, 0) is 69.7 Å². The van der Waals surface area contributed by atoms with Crippen LogP contribution in [-0.4, -0.2) is 54.1 Å². The van der Waals surface area contributed by atoms with E-state index in [-0.39, 0.29) is 18.1 Å². The van der Waals surface area contributed by atoms with Crippen LogP contribution in [0.15, 0.2) is 54.6 Å². The number of fused-ring (bicyclic) bond motifs is 1. The van der Waals surface area contributed by atoms with Gasteiger partial charge < -0.3 is 19.3 Å². The Bertz CT molecular complexity index is 965. The van der Waals surface area contributed by atoms with Gasteiger partial charge in [-0.2, -0.15) is 0 Å². The lowest BCUT2D eigenvalue weighted by Crippen LogP contribution is -2.53. The van der Waals surface area contributed by atoms with Crippen molar-refractivity contribution < 1.29 is 14.3 Å². The zero-order valence-corrected chi connectivity index (χ0v) is 21.2. The topological polar surface area (TPSA) is 42.0 Å². The average molecular weight is 477 g/mol. The summed E-state index contributed by atoms with van der Waals surface area (Å²) in [6.45, 7) is 2.47. The summed E-state index contributed by atoms with van der Waals surface area (Å²) in [5.41, 5.74) is 0.756. The van der Waals surface area contributed by atoms with E-state index in [1.54, 1.807) is 0 Å². The van der Waals surface area contributed by atoms with Crippen LogP contribution < -0.4 is 9.47 Å². The molecule has 3 aliphatic rings. The summed E-state index contributed by atoms with van der Waals surface area (Å²) in [6, 6.07) is 18.4. The Morgan fingerprint density at radius 2 is 1.71 bits per heavy atom. The molecule has 1 heterocycles. The van der Waals surface area contributed by atoms with Gasteiger partial charge in [0, 0.05) is 24.7 Å². The Morgan fingerprint density at radius 3 is 2.49 bits per heavy atom. The Labute approximate surface area is 210 Å². The van der Waals surface area contributed by atoms with E-state index in [0.717, 1.165) is 48.7 Å². The van der Waals surface area contributed by atoms with Gasteiger partial charge >= 0.3 is 0 Å². The molecule has 0 atom stereocenters. The first kappa shape index (κ1) is 24.2. The zero-order valence-electron chi connectivity index (χ0n) is 21.2. The summed E-state index contributed by atoms with van der Waals surface area (Å²) in [5.74, 6) is 2.54. The van der Waals surface area contributed by atoms with Gasteiger partial charge in [0.15, 0.2) is 6.61 Å². The number of carbonyl (C=O) groups excluding carboxylic acids is 1. The maximum atomic E-state index is 13.3. The minimum atomic E-state index is -0.322. The van der Waals surface area contributed by atoms with E-state index in [0.29, 0.717) is 19.1 Å². The molecule has 0 radical (unpaired) electrons. The first-order chi connectivity index (χ1) is 17.1. The molecule has 188 valence electrons. The van der Waals surface area contributed by atoms with Crippen molar-refractivity contribution in [3.8, 4) is 11.5 Å². The fraction of sp³-hybridized carbons (Fsp3) is 0.567.